The van der Waals surface area contributed by atoms with Gasteiger partial charge in [0.2, 0.25) is 0 Å². The largest absolute Gasteiger partial charge is 0.478 e. The molecule has 0 atom stereocenters. The summed E-state index contributed by atoms with van der Waals surface area (Å²) in [7, 11) is 0. The number of ether oxygens (including phenoxy) is 1. The average Bonchev–Trinajstić information content (AvgIpc) is 2.52. The molecule has 0 bridgehead atoms. The van der Waals surface area contributed by atoms with Crippen molar-refractivity contribution in [2.75, 3.05) is 6.61 Å². The van der Waals surface area contributed by atoms with Crippen molar-refractivity contribution in [2.24, 2.45) is 0 Å². The Kier molecular flexibility index (Phi) is 6.66. The second-order valence-corrected chi connectivity index (χ2v) is 4.80. The van der Waals surface area contributed by atoms with Crippen molar-refractivity contribution in [2.45, 2.75) is 19.3 Å². The Morgan fingerprint density at radius 1 is 1.00 bits per heavy atom. The zero-order valence-corrected chi connectivity index (χ0v) is 12.7. The molecule has 1 rings (SSSR count). The van der Waals surface area contributed by atoms with Gasteiger partial charge in [0.1, 0.15) is 0 Å². The zero-order chi connectivity index (χ0) is 18.3. The first kappa shape index (κ1) is 18.9. The van der Waals surface area contributed by atoms with E-state index >= 15 is 0 Å². The molecule has 0 saturated heterocycles. The molecule has 24 heavy (non-hydrogen) atoms. The number of carbonyl (C=O) groups is 4. The van der Waals surface area contributed by atoms with Gasteiger partial charge in [-0.3, -0.25) is 0 Å². The summed E-state index contributed by atoms with van der Waals surface area (Å²) in [6, 6.07) is 1.97. The van der Waals surface area contributed by atoms with E-state index in [0.717, 1.165) is 18.2 Å². The van der Waals surface area contributed by atoms with E-state index in [1.807, 2.05) is 0 Å². The zero-order valence-electron chi connectivity index (χ0n) is 12.7. The van der Waals surface area contributed by atoms with Crippen molar-refractivity contribution in [3.8, 4) is 0 Å². The second kappa shape index (κ2) is 8.47. The lowest BCUT2D eigenvalue weighted by atomic mass is 9.94. The Morgan fingerprint density at radius 3 is 2.17 bits per heavy atom. The lowest BCUT2D eigenvalue weighted by Crippen LogP contribution is -2.14. The number of carboxylic acids is 3. The number of esters is 1. The number of carboxylic acid groups (broad SMARTS) is 3. The molecule has 0 aliphatic heterocycles. The highest BCUT2D eigenvalue weighted by Gasteiger charge is 2.23. The van der Waals surface area contributed by atoms with Gasteiger partial charge in [0, 0.05) is 6.08 Å². The lowest BCUT2D eigenvalue weighted by molar-refractivity contribution is -0.137. The Balaban J connectivity index is 3.00. The van der Waals surface area contributed by atoms with E-state index in [4.69, 9.17) is 14.9 Å². The van der Waals surface area contributed by atoms with Crippen LogP contribution in [0.2, 0.25) is 0 Å². The van der Waals surface area contributed by atoms with Crippen LogP contribution in [0.3, 0.4) is 0 Å². The van der Waals surface area contributed by atoms with Crippen LogP contribution in [0, 0.1) is 0 Å². The third kappa shape index (κ3) is 4.94. The smallest absolute Gasteiger partial charge is 0.336 e. The van der Waals surface area contributed by atoms with Gasteiger partial charge < -0.3 is 20.1 Å². The Morgan fingerprint density at radius 2 is 1.67 bits per heavy atom. The molecule has 1 aromatic carbocycles. The number of rotatable bonds is 9. The van der Waals surface area contributed by atoms with Gasteiger partial charge in [0.25, 0.3) is 0 Å². The fraction of sp³-hybridized carbons (Fsp3) is 0.250. The Hall–Kier alpha value is -3.16. The standard InChI is InChI=1S/C16H16O8/c1-2-12(17)24-6-4-3-5-9-7-10(14(18)19)8-11(15(20)21)13(9)16(22)23/h2,7-8H,1,3-6H2,(H,18,19)(H,20,21)(H,22,23). The van der Waals surface area contributed by atoms with E-state index in [9.17, 15) is 24.3 Å². The summed E-state index contributed by atoms with van der Waals surface area (Å²) in [5.41, 5.74) is -1.20. The molecule has 0 aliphatic carbocycles. The Labute approximate surface area is 137 Å². The van der Waals surface area contributed by atoms with Gasteiger partial charge in [-0.05, 0) is 37.0 Å². The predicted molar refractivity (Wildman–Crippen MR) is 81.4 cm³/mol. The first-order chi connectivity index (χ1) is 11.3. The van der Waals surface area contributed by atoms with E-state index in [-0.39, 0.29) is 24.2 Å². The quantitative estimate of drug-likeness (QED) is 0.353. The van der Waals surface area contributed by atoms with E-state index in [1.54, 1.807) is 0 Å². The number of aromatic carboxylic acids is 3. The molecule has 0 aliphatic rings. The molecule has 0 spiro atoms. The van der Waals surface area contributed by atoms with Crippen LogP contribution in [0.25, 0.3) is 0 Å². The van der Waals surface area contributed by atoms with Gasteiger partial charge in [-0.1, -0.05) is 6.58 Å². The minimum Gasteiger partial charge on any atom is -0.478 e. The highest BCUT2D eigenvalue weighted by atomic mass is 16.5. The first-order valence-corrected chi connectivity index (χ1v) is 6.94. The number of benzene rings is 1. The molecular weight excluding hydrogens is 320 g/mol. The summed E-state index contributed by atoms with van der Waals surface area (Å²) in [4.78, 5) is 44.5. The summed E-state index contributed by atoms with van der Waals surface area (Å²) in [6.45, 7) is 3.33. The van der Waals surface area contributed by atoms with Crippen LogP contribution in [-0.4, -0.2) is 45.8 Å². The van der Waals surface area contributed by atoms with Crippen molar-refractivity contribution in [3.05, 3.63) is 47.0 Å². The average molecular weight is 336 g/mol. The maximum Gasteiger partial charge on any atom is 0.336 e. The van der Waals surface area contributed by atoms with E-state index < -0.39 is 35.0 Å². The van der Waals surface area contributed by atoms with E-state index in [0.29, 0.717) is 12.8 Å². The van der Waals surface area contributed by atoms with Crippen LogP contribution in [0.4, 0.5) is 0 Å². The highest BCUT2D eigenvalue weighted by Crippen LogP contribution is 2.21. The number of carbonyl (C=O) groups excluding carboxylic acids is 1. The molecule has 0 amide bonds. The van der Waals surface area contributed by atoms with Gasteiger partial charge in [-0.15, -0.1) is 0 Å². The normalized spacial score (nSPS) is 10.0. The summed E-state index contributed by atoms with van der Waals surface area (Å²) in [5.74, 6) is -4.90. The van der Waals surface area contributed by atoms with Gasteiger partial charge in [0.15, 0.2) is 0 Å². The number of hydrogen-bond acceptors (Lipinski definition) is 5. The fourth-order valence-corrected chi connectivity index (χ4v) is 2.09. The number of aryl methyl sites for hydroxylation is 1. The summed E-state index contributed by atoms with van der Waals surface area (Å²) in [5, 5.41) is 27.4. The fourth-order valence-electron chi connectivity index (χ4n) is 2.09. The van der Waals surface area contributed by atoms with Gasteiger partial charge in [-0.25, -0.2) is 19.2 Å². The number of hydrogen-bond donors (Lipinski definition) is 3. The van der Waals surface area contributed by atoms with Crippen molar-refractivity contribution in [1.82, 2.24) is 0 Å². The second-order valence-electron chi connectivity index (χ2n) is 4.80. The summed E-state index contributed by atoms with van der Waals surface area (Å²) in [6.07, 6.45) is 1.93. The minimum absolute atomic E-state index is 0.0949. The lowest BCUT2D eigenvalue weighted by Gasteiger charge is -2.11. The van der Waals surface area contributed by atoms with Crippen molar-refractivity contribution < 1.29 is 39.2 Å². The van der Waals surface area contributed by atoms with Gasteiger partial charge in [-0.2, -0.15) is 0 Å². The van der Waals surface area contributed by atoms with E-state index in [2.05, 4.69) is 6.58 Å². The monoisotopic (exact) mass is 336 g/mol. The van der Waals surface area contributed by atoms with Crippen molar-refractivity contribution in [3.63, 3.8) is 0 Å². The minimum atomic E-state index is -1.52. The van der Waals surface area contributed by atoms with Crippen molar-refractivity contribution in [1.29, 1.82) is 0 Å². The summed E-state index contributed by atoms with van der Waals surface area (Å²) >= 11 is 0. The van der Waals surface area contributed by atoms with Gasteiger partial charge >= 0.3 is 23.9 Å². The maximum atomic E-state index is 11.4. The van der Waals surface area contributed by atoms with E-state index in [1.165, 1.54) is 0 Å². The first-order valence-electron chi connectivity index (χ1n) is 6.94. The maximum absolute atomic E-state index is 11.4. The van der Waals surface area contributed by atoms with Crippen LogP contribution in [0.15, 0.2) is 24.8 Å². The Bertz CT molecular complexity index is 690. The summed E-state index contributed by atoms with van der Waals surface area (Å²) < 4.78 is 4.77. The molecule has 0 saturated carbocycles. The van der Waals surface area contributed by atoms with Crippen LogP contribution in [-0.2, 0) is 16.0 Å². The molecule has 128 valence electrons. The van der Waals surface area contributed by atoms with Crippen LogP contribution < -0.4 is 0 Å². The molecule has 0 heterocycles. The molecule has 8 heteroatoms. The van der Waals surface area contributed by atoms with Crippen LogP contribution >= 0.6 is 0 Å². The third-order valence-corrected chi connectivity index (χ3v) is 3.16. The predicted octanol–water partition coefficient (Wildman–Crippen LogP) is 1.83. The third-order valence-electron chi connectivity index (χ3n) is 3.16. The van der Waals surface area contributed by atoms with Crippen LogP contribution in [0.1, 0.15) is 49.5 Å². The molecule has 3 N–H and O–H groups in total. The van der Waals surface area contributed by atoms with Gasteiger partial charge in [0.05, 0.1) is 23.3 Å². The molecule has 0 unspecified atom stereocenters. The molecule has 0 radical (unpaired) electrons. The topological polar surface area (TPSA) is 138 Å². The molecular formula is C16H16O8. The molecule has 0 fully saturated rings. The molecule has 1 aromatic rings. The van der Waals surface area contributed by atoms with Crippen LogP contribution in [0.5, 0.6) is 0 Å². The van der Waals surface area contributed by atoms with Crippen molar-refractivity contribution >= 4 is 23.9 Å². The highest BCUT2D eigenvalue weighted by molar-refractivity contribution is 6.05. The SMILES string of the molecule is C=CC(=O)OCCCCc1cc(C(=O)O)cc(C(=O)O)c1C(=O)O. The molecule has 8 nitrogen and oxygen atoms in total. The molecule has 0 aromatic heterocycles. The number of unbranched alkanes of at least 4 members (excludes halogenated alkanes) is 1.